The fraction of sp³-hybridized carbons (Fsp3) is 0.348. The first-order valence-electron chi connectivity index (χ1n) is 11.2. The highest BCUT2D eigenvalue weighted by atomic mass is 19.1. The molecule has 12 heteroatoms. The van der Waals surface area contributed by atoms with Crippen molar-refractivity contribution in [2.45, 2.75) is 45.6 Å². The molecule has 4 aromatic rings. The van der Waals surface area contributed by atoms with Crippen molar-refractivity contribution in [1.82, 2.24) is 24.5 Å². The number of benzene rings is 1. The average Bonchev–Trinajstić information content (AvgIpc) is 3.52. The standard InChI is InChI=1S/C23H24FN7O4/c1-12-10-27-22(35-12)14-9-16-15(33-11-34-16)7-13(14)8-18-28-19-20(26)29-23(24)30-21(19)31(18)6-4-2-3-5-17(25)32/h7,9-10H,2-6,8,11H2,1H3,(H2,25,32)(H2,26,29,30). The van der Waals surface area contributed by atoms with Crippen LogP contribution in [0.25, 0.3) is 22.6 Å². The molecular weight excluding hydrogens is 457 g/mol. The van der Waals surface area contributed by atoms with Crippen LogP contribution in [0.4, 0.5) is 10.2 Å². The van der Waals surface area contributed by atoms with Crippen molar-refractivity contribution in [3.05, 3.63) is 41.6 Å². The topological polar surface area (TPSA) is 157 Å². The highest BCUT2D eigenvalue weighted by molar-refractivity contribution is 5.82. The van der Waals surface area contributed by atoms with Gasteiger partial charge in [-0.1, -0.05) is 6.42 Å². The van der Waals surface area contributed by atoms with Crippen LogP contribution >= 0.6 is 0 Å². The Kier molecular flexibility index (Phi) is 5.93. The zero-order valence-electron chi connectivity index (χ0n) is 19.1. The summed E-state index contributed by atoms with van der Waals surface area (Å²) in [6, 6.07) is 3.69. The molecule has 0 bridgehead atoms. The average molecular weight is 481 g/mol. The van der Waals surface area contributed by atoms with Crippen LogP contribution in [0.1, 0.15) is 42.8 Å². The van der Waals surface area contributed by atoms with Gasteiger partial charge in [0.25, 0.3) is 0 Å². The van der Waals surface area contributed by atoms with Gasteiger partial charge >= 0.3 is 6.08 Å². The monoisotopic (exact) mass is 481 g/mol. The van der Waals surface area contributed by atoms with E-state index in [-0.39, 0.29) is 18.5 Å². The zero-order valence-corrected chi connectivity index (χ0v) is 19.1. The number of hydrogen-bond acceptors (Lipinski definition) is 9. The van der Waals surface area contributed by atoms with Crippen LogP contribution in [0.5, 0.6) is 11.5 Å². The fourth-order valence-corrected chi connectivity index (χ4v) is 4.13. The number of nitrogen functional groups attached to an aromatic ring is 1. The van der Waals surface area contributed by atoms with Crippen LogP contribution in [-0.2, 0) is 17.8 Å². The Balaban J connectivity index is 1.53. The summed E-state index contributed by atoms with van der Waals surface area (Å²) in [4.78, 5) is 27.6. The minimum atomic E-state index is -0.921. The number of carbonyl (C=O) groups excluding carboxylic acids is 1. The molecule has 182 valence electrons. The maximum absolute atomic E-state index is 14.0. The van der Waals surface area contributed by atoms with Crippen molar-refractivity contribution in [3.63, 3.8) is 0 Å². The molecule has 4 N–H and O–H groups in total. The number of halogens is 1. The number of anilines is 1. The number of unbranched alkanes of at least 4 members (excludes halogenated alkanes) is 2. The predicted molar refractivity (Wildman–Crippen MR) is 123 cm³/mol. The molecule has 0 fully saturated rings. The van der Waals surface area contributed by atoms with Gasteiger partial charge in [0, 0.05) is 24.9 Å². The Bertz CT molecular complexity index is 1410. The minimum absolute atomic E-state index is 0.0320. The lowest BCUT2D eigenvalue weighted by Crippen LogP contribution is -2.10. The molecule has 0 unspecified atom stereocenters. The Morgan fingerprint density at radius 1 is 1.14 bits per heavy atom. The molecule has 3 aromatic heterocycles. The number of rotatable bonds is 9. The molecule has 0 atom stereocenters. The van der Waals surface area contributed by atoms with Gasteiger partial charge in [0.2, 0.25) is 18.6 Å². The van der Waals surface area contributed by atoms with Gasteiger partial charge in [-0.05, 0) is 37.5 Å². The molecule has 0 radical (unpaired) electrons. The van der Waals surface area contributed by atoms with E-state index in [1.807, 2.05) is 23.6 Å². The fourth-order valence-electron chi connectivity index (χ4n) is 4.13. The molecule has 1 aliphatic rings. The maximum Gasteiger partial charge on any atom is 0.312 e. The summed E-state index contributed by atoms with van der Waals surface area (Å²) in [6.07, 6.45) is 3.52. The van der Waals surface area contributed by atoms with Crippen molar-refractivity contribution in [2.75, 3.05) is 12.5 Å². The third kappa shape index (κ3) is 4.59. The Hall–Kier alpha value is -4.22. The summed E-state index contributed by atoms with van der Waals surface area (Å²) < 4.78 is 32.8. The number of aromatic nitrogens is 5. The number of aryl methyl sites for hydroxylation is 2. The third-order valence-electron chi connectivity index (χ3n) is 5.78. The number of hydrogen-bond donors (Lipinski definition) is 2. The molecular formula is C23H24FN7O4. The van der Waals surface area contributed by atoms with Crippen molar-refractivity contribution in [1.29, 1.82) is 0 Å². The van der Waals surface area contributed by atoms with Gasteiger partial charge in [0.1, 0.15) is 11.6 Å². The smallest absolute Gasteiger partial charge is 0.312 e. The number of primary amides is 1. The molecule has 35 heavy (non-hydrogen) atoms. The first-order valence-corrected chi connectivity index (χ1v) is 11.2. The lowest BCUT2D eigenvalue weighted by Gasteiger charge is -2.11. The normalized spacial score (nSPS) is 12.5. The number of fused-ring (bicyclic) bond motifs is 2. The number of nitrogens with zero attached hydrogens (tertiary/aromatic N) is 5. The zero-order chi connectivity index (χ0) is 24.5. The van der Waals surface area contributed by atoms with E-state index in [0.29, 0.717) is 72.4 Å². The number of nitrogens with two attached hydrogens (primary N) is 2. The summed E-state index contributed by atoms with van der Waals surface area (Å²) in [6.45, 7) is 2.44. The predicted octanol–water partition coefficient (Wildman–Crippen LogP) is 2.88. The van der Waals surface area contributed by atoms with Gasteiger partial charge < -0.3 is 29.9 Å². The second kappa shape index (κ2) is 9.20. The van der Waals surface area contributed by atoms with E-state index >= 15 is 0 Å². The van der Waals surface area contributed by atoms with Crippen LogP contribution < -0.4 is 20.9 Å². The summed E-state index contributed by atoms with van der Waals surface area (Å²) in [5, 5.41) is 0. The van der Waals surface area contributed by atoms with Gasteiger partial charge in [0.05, 0.1) is 6.20 Å². The Morgan fingerprint density at radius 3 is 2.69 bits per heavy atom. The second-order valence-electron chi connectivity index (χ2n) is 8.32. The first-order chi connectivity index (χ1) is 16.9. The lowest BCUT2D eigenvalue weighted by molar-refractivity contribution is -0.118. The highest BCUT2D eigenvalue weighted by Gasteiger charge is 2.23. The van der Waals surface area contributed by atoms with E-state index in [9.17, 15) is 9.18 Å². The van der Waals surface area contributed by atoms with Gasteiger partial charge in [-0.15, -0.1) is 0 Å². The first kappa shape index (κ1) is 22.6. The van der Waals surface area contributed by atoms with E-state index in [1.54, 1.807) is 6.20 Å². The molecule has 0 saturated carbocycles. The van der Waals surface area contributed by atoms with E-state index in [4.69, 9.17) is 25.4 Å². The number of imidazole rings is 1. The second-order valence-corrected chi connectivity index (χ2v) is 8.32. The number of amides is 1. The van der Waals surface area contributed by atoms with Gasteiger partial charge in [-0.2, -0.15) is 14.4 Å². The Morgan fingerprint density at radius 2 is 1.94 bits per heavy atom. The number of carbonyl (C=O) groups is 1. The summed E-state index contributed by atoms with van der Waals surface area (Å²) >= 11 is 0. The van der Waals surface area contributed by atoms with Gasteiger partial charge in [-0.3, -0.25) is 4.79 Å². The van der Waals surface area contributed by atoms with Gasteiger partial charge in [-0.25, -0.2) is 9.97 Å². The lowest BCUT2D eigenvalue weighted by atomic mass is 10.0. The quantitative estimate of drug-likeness (QED) is 0.271. The van der Waals surface area contributed by atoms with E-state index in [1.165, 1.54) is 0 Å². The van der Waals surface area contributed by atoms with Crippen LogP contribution in [0.2, 0.25) is 0 Å². The van der Waals surface area contributed by atoms with E-state index in [0.717, 1.165) is 17.5 Å². The molecule has 0 saturated heterocycles. The molecule has 4 heterocycles. The molecule has 0 spiro atoms. The molecule has 1 amide bonds. The largest absolute Gasteiger partial charge is 0.454 e. The Labute approximate surface area is 199 Å². The molecule has 11 nitrogen and oxygen atoms in total. The SMILES string of the molecule is Cc1cnc(-c2cc3c(cc2Cc2nc4c(N)nc(F)nc4n2CCCCCC(N)=O)OCO3)o1. The van der Waals surface area contributed by atoms with Crippen LogP contribution in [-0.4, -0.2) is 37.2 Å². The molecule has 0 aliphatic carbocycles. The maximum atomic E-state index is 14.0. The van der Waals surface area contributed by atoms with Crippen LogP contribution in [0.3, 0.4) is 0 Å². The van der Waals surface area contributed by atoms with Gasteiger partial charge in [0.15, 0.2) is 28.5 Å². The third-order valence-corrected chi connectivity index (χ3v) is 5.78. The van der Waals surface area contributed by atoms with Crippen molar-refractivity contribution in [2.24, 2.45) is 5.73 Å². The van der Waals surface area contributed by atoms with Crippen LogP contribution in [0.15, 0.2) is 22.7 Å². The number of oxazole rings is 1. The van der Waals surface area contributed by atoms with Crippen molar-refractivity contribution in [3.8, 4) is 23.0 Å². The van der Waals surface area contributed by atoms with Crippen molar-refractivity contribution < 1.29 is 23.1 Å². The van der Waals surface area contributed by atoms with Crippen LogP contribution in [0, 0.1) is 13.0 Å². The van der Waals surface area contributed by atoms with E-state index in [2.05, 4.69) is 19.9 Å². The molecule has 1 aliphatic heterocycles. The minimum Gasteiger partial charge on any atom is -0.454 e. The van der Waals surface area contributed by atoms with Crippen molar-refractivity contribution >= 4 is 22.9 Å². The summed E-state index contributed by atoms with van der Waals surface area (Å²) in [7, 11) is 0. The number of ether oxygens (including phenoxy) is 2. The highest BCUT2D eigenvalue weighted by Crippen LogP contribution is 2.39. The van der Waals surface area contributed by atoms with E-state index < -0.39 is 6.08 Å². The molecule has 1 aromatic carbocycles. The summed E-state index contributed by atoms with van der Waals surface area (Å²) in [5.41, 5.74) is 13.4. The molecule has 5 rings (SSSR count). The summed E-state index contributed by atoms with van der Waals surface area (Å²) in [5.74, 6) is 2.56.